The van der Waals surface area contributed by atoms with Gasteiger partial charge in [-0.05, 0) is 69.9 Å². The van der Waals surface area contributed by atoms with Crippen molar-refractivity contribution in [2.45, 2.75) is 40.5 Å². The first-order chi connectivity index (χ1) is 11.4. The molecule has 0 aromatic heterocycles. The minimum atomic E-state index is -0.541. The number of hydrogen-bond acceptors (Lipinski definition) is 3. The smallest absolute Gasteiger partial charge is 0.316 e. The van der Waals surface area contributed by atoms with Crippen molar-refractivity contribution >= 4 is 5.97 Å². The molecule has 24 heavy (non-hydrogen) atoms. The van der Waals surface area contributed by atoms with Crippen LogP contribution in [0.2, 0.25) is 0 Å². The van der Waals surface area contributed by atoms with Crippen molar-refractivity contribution in [3.8, 4) is 11.5 Å². The first-order valence-corrected chi connectivity index (χ1v) is 8.36. The third-order valence-electron chi connectivity index (χ3n) is 4.05. The molecular weight excluding hydrogens is 300 g/mol. The molecule has 2 aromatic rings. The van der Waals surface area contributed by atoms with Crippen molar-refractivity contribution in [1.29, 1.82) is 0 Å². The van der Waals surface area contributed by atoms with Gasteiger partial charge in [0, 0.05) is 0 Å². The molecule has 0 atom stereocenters. The molecule has 0 unspecified atom stereocenters. The Morgan fingerprint density at radius 3 is 2.46 bits per heavy atom. The van der Waals surface area contributed by atoms with Crippen molar-refractivity contribution < 1.29 is 14.3 Å². The molecule has 0 saturated heterocycles. The van der Waals surface area contributed by atoms with Crippen molar-refractivity contribution in [1.82, 2.24) is 0 Å². The van der Waals surface area contributed by atoms with Gasteiger partial charge in [0.15, 0.2) is 0 Å². The van der Waals surface area contributed by atoms with E-state index in [1.807, 2.05) is 45.0 Å². The standard InChI is InChI=1S/C21H26O3/c1-16-11-12-17(2)19(15-16)23-14-8-13-21(3,4)20(22)24-18-9-6-5-7-10-18/h5-7,9-12,15H,8,13-14H2,1-4H3. The fourth-order valence-electron chi connectivity index (χ4n) is 2.39. The maximum absolute atomic E-state index is 12.3. The van der Waals surface area contributed by atoms with Crippen LogP contribution in [0.15, 0.2) is 48.5 Å². The summed E-state index contributed by atoms with van der Waals surface area (Å²) in [4.78, 5) is 12.3. The fraction of sp³-hybridized carbons (Fsp3) is 0.381. The third kappa shape index (κ3) is 5.12. The molecule has 3 heteroatoms. The average Bonchev–Trinajstić information content (AvgIpc) is 2.55. The van der Waals surface area contributed by atoms with E-state index in [2.05, 4.69) is 19.1 Å². The van der Waals surface area contributed by atoms with Gasteiger partial charge in [-0.15, -0.1) is 0 Å². The van der Waals surface area contributed by atoms with E-state index in [1.54, 1.807) is 12.1 Å². The van der Waals surface area contributed by atoms with Crippen LogP contribution in [0.4, 0.5) is 0 Å². The van der Waals surface area contributed by atoms with Crippen LogP contribution in [0.5, 0.6) is 11.5 Å². The second kappa shape index (κ2) is 8.00. The van der Waals surface area contributed by atoms with Gasteiger partial charge < -0.3 is 9.47 Å². The van der Waals surface area contributed by atoms with Crippen LogP contribution in [0, 0.1) is 19.3 Å². The molecule has 0 aliphatic rings. The maximum Gasteiger partial charge on any atom is 0.316 e. The van der Waals surface area contributed by atoms with Crippen LogP contribution in [-0.2, 0) is 4.79 Å². The molecule has 0 heterocycles. The zero-order chi connectivity index (χ0) is 17.6. The monoisotopic (exact) mass is 326 g/mol. The number of ether oxygens (including phenoxy) is 2. The van der Waals surface area contributed by atoms with E-state index in [4.69, 9.17) is 9.47 Å². The Labute approximate surface area is 144 Å². The van der Waals surface area contributed by atoms with Gasteiger partial charge in [-0.1, -0.05) is 30.3 Å². The van der Waals surface area contributed by atoms with Gasteiger partial charge in [-0.25, -0.2) is 0 Å². The van der Waals surface area contributed by atoms with Gasteiger partial charge >= 0.3 is 5.97 Å². The molecule has 0 N–H and O–H groups in total. The van der Waals surface area contributed by atoms with Gasteiger partial charge in [-0.2, -0.15) is 0 Å². The van der Waals surface area contributed by atoms with Gasteiger partial charge in [0.25, 0.3) is 0 Å². The van der Waals surface area contributed by atoms with Gasteiger partial charge in [0.1, 0.15) is 11.5 Å². The van der Waals surface area contributed by atoms with Gasteiger partial charge in [0.2, 0.25) is 0 Å². The van der Waals surface area contributed by atoms with Gasteiger partial charge in [0.05, 0.1) is 12.0 Å². The largest absolute Gasteiger partial charge is 0.493 e. The third-order valence-corrected chi connectivity index (χ3v) is 4.05. The van der Waals surface area contributed by atoms with Crippen LogP contribution in [0.1, 0.15) is 37.8 Å². The zero-order valence-electron chi connectivity index (χ0n) is 15.0. The minimum Gasteiger partial charge on any atom is -0.493 e. The second-order valence-corrected chi connectivity index (χ2v) is 6.81. The van der Waals surface area contributed by atoms with Crippen molar-refractivity contribution in [3.05, 3.63) is 59.7 Å². The highest BCUT2D eigenvalue weighted by Crippen LogP contribution is 2.26. The summed E-state index contributed by atoms with van der Waals surface area (Å²) in [5, 5.41) is 0. The highest BCUT2D eigenvalue weighted by atomic mass is 16.5. The number of hydrogen-bond donors (Lipinski definition) is 0. The number of benzene rings is 2. The summed E-state index contributed by atoms with van der Waals surface area (Å²) in [6, 6.07) is 15.4. The Balaban J connectivity index is 1.81. The Bertz CT molecular complexity index is 675. The maximum atomic E-state index is 12.3. The molecule has 0 fully saturated rings. The van der Waals surface area contributed by atoms with E-state index in [9.17, 15) is 4.79 Å². The van der Waals surface area contributed by atoms with Crippen molar-refractivity contribution in [3.63, 3.8) is 0 Å². The minimum absolute atomic E-state index is 0.208. The first-order valence-electron chi connectivity index (χ1n) is 8.36. The van der Waals surface area contributed by atoms with E-state index in [1.165, 1.54) is 5.56 Å². The van der Waals surface area contributed by atoms with Crippen LogP contribution >= 0.6 is 0 Å². The molecule has 0 saturated carbocycles. The Morgan fingerprint density at radius 1 is 1.04 bits per heavy atom. The van der Waals surface area contributed by atoms with Crippen LogP contribution in [0.3, 0.4) is 0 Å². The van der Waals surface area contributed by atoms with Crippen LogP contribution in [-0.4, -0.2) is 12.6 Å². The second-order valence-electron chi connectivity index (χ2n) is 6.81. The van der Waals surface area contributed by atoms with Crippen molar-refractivity contribution in [2.75, 3.05) is 6.61 Å². The number of carbonyl (C=O) groups is 1. The Hall–Kier alpha value is -2.29. The first kappa shape index (κ1) is 18.1. The number of rotatable bonds is 7. The summed E-state index contributed by atoms with van der Waals surface area (Å²) >= 11 is 0. The number of para-hydroxylation sites is 1. The van der Waals surface area contributed by atoms with Crippen LogP contribution < -0.4 is 9.47 Å². The normalized spacial score (nSPS) is 11.2. The molecule has 0 aliphatic heterocycles. The molecule has 128 valence electrons. The molecule has 0 amide bonds. The molecule has 2 aromatic carbocycles. The molecule has 0 radical (unpaired) electrons. The zero-order valence-corrected chi connectivity index (χ0v) is 15.0. The number of esters is 1. The lowest BCUT2D eigenvalue weighted by Gasteiger charge is -2.22. The summed E-state index contributed by atoms with van der Waals surface area (Å²) in [5.41, 5.74) is 1.77. The average molecular weight is 326 g/mol. The Kier molecular flexibility index (Phi) is 6.02. The predicted molar refractivity (Wildman–Crippen MR) is 96.5 cm³/mol. The Morgan fingerprint density at radius 2 is 1.75 bits per heavy atom. The predicted octanol–water partition coefficient (Wildman–Crippen LogP) is 5.09. The molecule has 3 nitrogen and oxygen atoms in total. The summed E-state index contributed by atoms with van der Waals surface area (Å²) in [6.45, 7) is 8.50. The highest BCUT2D eigenvalue weighted by Gasteiger charge is 2.29. The molecule has 0 spiro atoms. The number of aryl methyl sites for hydroxylation is 2. The lowest BCUT2D eigenvalue weighted by Crippen LogP contribution is -2.29. The quantitative estimate of drug-likeness (QED) is 0.404. The molecular formula is C21H26O3. The SMILES string of the molecule is Cc1ccc(C)c(OCCCC(C)(C)C(=O)Oc2ccccc2)c1. The van der Waals surface area contributed by atoms with E-state index < -0.39 is 5.41 Å². The van der Waals surface area contributed by atoms with E-state index in [-0.39, 0.29) is 5.97 Å². The molecule has 0 bridgehead atoms. The fourth-order valence-corrected chi connectivity index (χ4v) is 2.39. The van der Waals surface area contributed by atoms with E-state index in [0.717, 1.165) is 17.7 Å². The summed E-state index contributed by atoms with van der Waals surface area (Å²) < 4.78 is 11.3. The van der Waals surface area contributed by atoms with E-state index >= 15 is 0 Å². The van der Waals surface area contributed by atoms with Crippen molar-refractivity contribution in [2.24, 2.45) is 5.41 Å². The summed E-state index contributed by atoms with van der Waals surface area (Å²) in [5.74, 6) is 1.29. The summed E-state index contributed by atoms with van der Waals surface area (Å²) in [6.07, 6.45) is 1.51. The molecule has 2 rings (SSSR count). The number of carbonyl (C=O) groups excluding carboxylic acids is 1. The highest BCUT2D eigenvalue weighted by molar-refractivity contribution is 5.78. The molecule has 0 aliphatic carbocycles. The topological polar surface area (TPSA) is 35.5 Å². The van der Waals surface area contributed by atoms with E-state index in [0.29, 0.717) is 18.8 Å². The lowest BCUT2D eigenvalue weighted by atomic mass is 9.88. The lowest BCUT2D eigenvalue weighted by molar-refractivity contribution is -0.144. The van der Waals surface area contributed by atoms with Gasteiger partial charge in [-0.3, -0.25) is 4.79 Å². The van der Waals surface area contributed by atoms with Crippen LogP contribution in [0.25, 0.3) is 0 Å². The summed E-state index contributed by atoms with van der Waals surface area (Å²) in [7, 11) is 0.